The minimum atomic E-state index is -3.58. The number of rotatable bonds is 3. The third-order valence-electron chi connectivity index (χ3n) is 3.52. The van der Waals surface area contributed by atoms with Crippen molar-refractivity contribution in [1.29, 1.82) is 0 Å². The topological polar surface area (TPSA) is 91.1 Å². The number of nitrogens with two attached hydrogens (primary N) is 1. The first-order valence-electron chi connectivity index (χ1n) is 6.83. The van der Waals surface area contributed by atoms with Crippen LogP contribution in [0.5, 0.6) is 11.5 Å². The fraction of sp³-hybridized carbons (Fsp3) is 0.538. The van der Waals surface area contributed by atoms with Crippen LogP contribution in [0.15, 0.2) is 23.1 Å². The molecule has 1 fully saturated rings. The van der Waals surface area contributed by atoms with Crippen molar-refractivity contribution < 1.29 is 22.6 Å². The molecule has 0 bridgehead atoms. The van der Waals surface area contributed by atoms with Gasteiger partial charge in [0.25, 0.3) is 0 Å². The number of benzene rings is 1. The van der Waals surface area contributed by atoms with Gasteiger partial charge in [-0.05, 0) is 12.1 Å². The van der Waals surface area contributed by atoms with Crippen molar-refractivity contribution in [2.45, 2.75) is 11.0 Å². The van der Waals surface area contributed by atoms with E-state index in [0.29, 0.717) is 44.4 Å². The van der Waals surface area contributed by atoms with Crippen molar-refractivity contribution in [2.75, 3.05) is 39.5 Å². The number of hydrogen-bond acceptors (Lipinski definition) is 6. The van der Waals surface area contributed by atoms with Gasteiger partial charge in [0, 0.05) is 25.7 Å². The first kappa shape index (κ1) is 17.3. The van der Waals surface area contributed by atoms with Gasteiger partial charge in [0.2, 0.25) is 10.0 Å². The zero-order valence-electron chi connectivity index (χ0n) is 11.9. The molecule has 3 rings (SSSR count). The minimum Gasteiger partial charge on any atom is -0.486 e. The molecule has 2 aliphatic heterocycles. The Hall–Kier alpha value is -1.06. The molecule has 0 aromatic heterocycles. The highest BCUT2D eigenvalue weighted by molar-refractivity contribution is 7.89. The lowest BCUT2D eigenvalue weighted by Crippen LogP contribution is -2.48. The van der Waals surface area contributed by atoms with Gasteiger partial charge in [-0.2, -0.15) is 4.31 Å². The smallest absolute Gasteiger partial charge is 0.243 e. The summed E-state index contributed by atoms with van der Waals surface area (Å²) in [5, 5.41) is 0. The molecule has 7 nitrogen and oxygen atoms in total. The number of hydrogen-bond donors (Lipinski definition) is 1. The number of fused-ring (bicyclic) bond motifs is 1. The van der Waals surface area contributed by atoms with Gasteiger partial charge in [-0.15, -0.1) is 12.4 Å². The molecule has 2 heterocycles. The molecule has 0 radical (unpaired) electrons. The molecule has 1 aromatic carbocycles. The van der Waals surface area contributed by atoms with Crippen molar-refractivity contribution in [3.63, 3.8) is 0 Å². The molecule has 1 atom stereocenters. The molecule has 0 saturated carbocycles. The summed E-state index contributed by atoms with van der Waals surface area (Å²) in [6, 6.07) is 4.68. The highest BCUT2D eigenvalue weighted by Crippen LogP contribution is 2.33. The van der Waals surface area contributed by atoms with Crippen LogP contribution in [0, 0.1) is 0 Å². The molecular formula is C13H19ClN2O5S. The van der Waals surface area contributed by atoms with Crippen LogP contribution in [0.2, 0.25) is 0 Å². The average molecular weight is 351 g/mol. The van der Waals surface area contributed by atoms with Gasteiger partial charge >= 0.3 is 0 Å². The van der Waals surface area contributed by atoms with Gasteiger partial charge in [-0.25, -0.2) is 8.42 Å². The molecule has 0 amide bonds. The van der Waals surface area contributed by atoms with Crippen LogP contribution in [0.25, 0.3) is 0 Å². The standard InChI is InChI=1S/C13H18N2O5S.ClH/c14-8-10-9-15(3-4-18-10)21(16,17)11-1-2-12-13(7-11)20-6-5-19-12;/h1-2,7,10H,3-6,8-9,14H2;1H. The van der Waals surface area contributed by atoms with E-state index in [1.165, 1.54) is 16.4 Å². The van der Waals surface area contributed by atoms with Gasteiger partial charge in [0.1, 0.15) is 13.2 Å². The summed E-state index contributed by atoms with van der Waals surface area (Å²) in [6.07, 6.45) is -0.259. The lowest BCUT2D eigenvalue weighted by molar-refractivity contribution is 0.00450. The first-order chi connectivity index (χ1) is 10.1. The summed E-state index contributed by atoms with van der Waals surface area (Å²) in [7, 11) is -3.58. The Morgan fingerprint density at radius 2 is 1.91 bits per heavy atom. The van der Waals surface area contributed by atoms with Crippen molar-refractivity contribution in [2.24, 2.45) is 5.73 Å². The maximum absolute atomic E-state index is 12.7. The number of morpholine rings is 1. The van der Waals surface area contributed by atoms with E-state index >= 15 is 0 Å². The fourth-order valence-corrected chi connectivity index (χ4v) is 3.86. The predicted octanol–water partition coefficient (Wildman–Crippen LogP) is 0.228. The highest BCUT2D eigenvalue weighted by Gasteiger charge is 2.31. The van der Waals surface area contributed by atoms with E-state index < -0.39 is 10.0 Å². The van der Waals surface area contributed by atoms with Crippen molar-refractivity contribution in [1.82, 2.24) is 4.31 Å². The van der Waals surface area contributed by atoms with E-state index in [-0.39, 0.29) is 30.0 Å². The maximum atomic E-state index is 12.7. The Morgan fingerprint density at radius 3 is 2.64 bits per heavy atom. The zero-order chi connectivity index (χ0) is 14.9. The van der Waals surface area contributed by atoms with E-state index in [1.54, 1.807) is 6.07 Å². The second kappa shape index (κ2) is 7.01. The second-order valence-electron chi connectivity index (χ2n) is 4.90. The van der Waals surface area contributed by atoms with Crippen LogP contribution in [0.4, 0.5) is 0 Å². The monoisotopic (exact) mass is 350 g/mol. The van der Waals surface area contributed by atoms with Gasteiger partial charge in [0.05, 0.1) is 17.6 Å². The Balaban J connectivity index is 0.00000176. The molecule has 1 aromatic rings. The molecular weight excluding hydrogens is 332 g/mol. The van der Waals surface area contributed by atoms with E-state index in [9.17, 15) is 8.42 Å². The number of ether oxygens (including phenoxy) is 3. The third-order valence-corrected chi connectivity index (χ3v) is 5.38. The van der Waals surface area contributed by atoms with Crippen LogP contribution in [0.3, 0.4) is 0 Å². The minimum absolute atomic E-state index is 0. The van der Waals surface area contributed by atoms with Gasteiger partial charge in [0.15, 0.2) is 11.5 Å². The van der Waals surface area contributed by atoms with Crippen LogP contribution in [-0.2, 0) is 14.8 Å². The van der Waals surface area contributed by atoms with E-state index in [0.717, 1.165) is 0 Å². The van der Waals surface area contributed by atoms with Crippen LogP contribution >= 0.6 is 12.4 Å². The van der Waals surface area contributed by atoms with Crippen LogP contribution in [-0.4, -0.2) is 58.3 Å². The number of sulfonamides is 1. The van der Waals surface area contributed by atoms with Crippen molar-refractivity contribution >= 4 is 22.4 Å². The normalized spacial score (nSPS) is 22.0. The Labute approximate surface area is 135 Å². The molecule has 1 unspecified atom stereocenters. The summed E-state index contributed by atoms with van der Waals surface area (Å²) in [6.45, 7) is 2.14. The zero-order valence-corrected chi connectivity index (χ0v) is 13.6. The van der Waals surface area contributed by atoms with Gasteiger partial charge in [-0.1, -0.05) is 0 Å². The quantitative estimate of drug-likeness (QED) is 0.839. The van der Waals surface area contributed by atoms with Crippen molar-refractivity contribution in [3.05, 3.63) is 18.2 Å². The molecule has 1 saturated heterocycles. The number of halogens is 1. The van der Waals surface area contributed by atoms with E-state index in [4.69, 9.17) is 19.9 Å². The maximum Gasteiger partial charge on any atom is 0.243 e. The Morgan fingerprint density at radius 1 is 1.18 bits per heavy atom. The average Bonchev–Trinajstić information content (AvgIpc) is 2.54. The first-order valence-corrected chi connectivity index (χ1v) is 8.27. The van der Waals surface area contributed by atoms with Crippen molar-refractivity contribution in [3.8, 4) is 11.5 Å². The van der Waals surface area contributed by atoms with Gasteiger partial charge in [-0.3, -0.25) is 0 Å². The van der Waals surface area contributed by atoms with Crippen LogP contribution in [0.1, 0.15) is 0 Å². The second-order valence-corrected chi connectivity index (χ2v) is 6.83. The molecule has 22 heavy (non-hydrogen) atoms. The van der Waals surface area contributed by atoms with E-state index in [1.807, 2.05) is 0 Å². The largest absolute Gasteiger partial charge is 0.486 e. The van der Waals surface area contributed by atoms with Crippen LogP contribution < -0.4 is 15.2 Å². The molecule has 0 spiro atoms. The Kier molecular flexibility index (Phi) is 5.51. The predicted molar refractivity (Wildman–Crippen MR) is 82.2 cm³/mol. The molecule has 0 aliphatic carbocycles. The summed E-state index contributed by atoms with van der Waals surface area (Å²) < 4.78 is 43.0. The summed E-state index contributed by atoms with van der Waals surface area (Å²) in [5.41, 5.74) is 5.56. The van der Waals surface area contributed by atoms with Gasteiger partial charge < -0.3 is 19.9 Å². The molecule has 124 valence electrons. The Bertz CT molecular complexity index is 625. The summed E-state index contributed by atoms with van der Waals surface area (Å²) in [4.78, 5) is 0.199. The lowest BCUT2D eigenvalue weighted by atomic mass is 10.3. The number of nitrogens with zero attached hydrogens (tertiary/aromatic N) is 1. The SMILES string of the molecule is Cl.NCC1CN(S(=O)(=O)c2ccc3c(c2)OCCO3)CCO1. The lowest BCUT2D eigenvalue weighted by Gasteiger charge is -2.31. The van der Waals surface area contributed by atoms with E-state index in [2.05, 4.69) is 0 Å². The molecule has 9 heteroatoms. The molecule has 2 aliphatic rings. The fourth-order valence-electron chi connectivity index (χ4n) is 2.39. The summed E-state index contributed by atoms with van der Waals surface area (Å²) >= 11 is 0. The highest BCUT2D eigenvalue weighted by atomic mass is 35.5. The third kappa shape index (κ3) is 3.31. The summed E-state index contributed by atoms with van der Waals surface area (Å²) in [5.74, 6) is 1.04. The molecule has 2 N–H and O–H groups in total.